The molecule has 2 aliphatic rings. The predicted molar refractivity (Wildman–Crippen MR) is 121 cm³/mol. The number of nitrogens with one attached hydrogen (secondary N) is 2. The van der Waals surface area contributed by atoms with Crippen molar-refractivity contribution in [1.82, 2.24) is 10.6 Å². The Hall–Kier alpha value is -2.57. The second kappa shape index (κ2) is 9.06. The van der Waals surface area contributed by atoms with E-state index in [1.165, 1.54) is 0 Å². The van der Waals surface area contributed by atoms with Crippen molar-refractivity contribution in [3.63, 3.8) is 0 Å². The molecule has 1 unspecified atom stereocenters. The quantitative estimate of drug-likeness (QED) is 0.624. The van der Waals surface area contributed by atoms with Gasteiger partial charge in [0.2, 0.25) is 0 Å². The summed E-state index contributed by atoms with van der Waals surface area (Å²) in [6.45, 7) is 2.81. The maximum absolute atomic E-state index is 12.6. The Morgan fingerprint density at radius 1 is 1.13 bits per heavy atom. The van der Waals surface area contributed by atoms with Crippen LogP contribution in [0.1, 0.15) is 43.4 Å². The van der Waals surface area contributed by atoms with Crippen LogP contribution < -0.4 is 20.1 Å². The molecule has 0 fully saturated rings. The van der Waals surface area contributed by atoms with E-state index >= 15 is 0 Å². The van der Waals surface area contributed by atoms with Crippen molar-refractivity contribution in [2.75, 3.05) is 6.61 Å². The molecule has 0 aromatic heterocycles. The first-order chi connectivity index (χ1) is 14.5. The van der Waals surface area contributed by atoms with Gasteiger partial charge >= 0.3 is 0 Å². The molecule has 0 saturated heterocycles. The third-order valence-electron chi connectivity index (χ3n) is 5.17. The van der Waals surface area contributed by atoms with Gasteiger partial charge in [-0.1, -0.05) is 29.8 Å². The minimum absolute atomic E-state index is 0.156. The Kier molecular flexibility index (Phi) is 6.25. The van der Waals surface area contributed by atoms with Crippen LogP contribution in [0.15, 0.2) is 53.7 Å². The van der Waals surface area contributed by atoms with Gasteiger partial charge in [0.1, 0.15) is 6.61 Å². The summed E-state index contributed by atoms with van der Waals surface area (Å²) in [4.78, 5) is 12.6. The van der Waals surface area contributed by atoms with Gasteiger partial charge in [-0.3, -0.25) is 4.79 Å². The molecule has 2 aromatic rings. The van der Waals surface area contributed by atoms with Crippen LogP contribution >= 0.6 is 23.8 Å². The lowest BCUT2D eigenvalue weighted by molar-refractivity contribution is -0.116. The van der Waals surface area contributed by atoms with E-state index in [1.807, 2.05) is 49.4 Å². The van der Waals surface area contributed by atoms with Crippen molar-refractivity contribution in [2.24, 2.45) is 0 Å². The molecule has 0 bridgehead atoms. The standard InChI is InChI=1S/C23H23ClN2O3S/c1-2-28-20-12-15(9-10-19(20)29-13-14-5-3-6-16(24)11-14)22-21-17(25-23(30)26-22)7-4-8-18(21)27/h3,5-6,9-12,22H,2,4,7-8,13H2,1H3,(H2,25,26,30). The first-order valence-corrected chi connectivity index (χ1v) is 10.8. The number of Topliss-reactive ketones (excluding diaryl/α,β-unsaturated/α-hetero) is 1. The van der Waals surface area contributed by atoms with Crippen molar-refractivity contribution in [3.8, 4) is 11.5 Å². The van der Waals surface area contributed by atoms with Crippen LogP contribution in [0.2, 0.25) is 5.02 Å². The Balaban J connectivity index is 1.62. The number of allylic oxidation sites excluding steroid dienone is 1. The first-order valence-electron chi connectivity index (χ1n) is 10.0. The van der Waals surface area contributed by atoms with Crippen LogP contribution in [0, 0.1) is 0 Å². The lowest BCUT2D eigenvalue weighted by Gasteiger charge is -2.34. The Morgan fingerprint density at radius 2 is 2.00 bits per heavy atom. The monoisotopic (exact) mass is 442 g/mol. The highest BCUT2D eigenvalue weighted by Crippen LogP contribution is 2.37. The van der Waals surface area contributed by atoms with E-state index in [0.717, 1.165) is 35.2 Å². The van der Waals surface area contributed by atoms with Crippen LogP contribution in [-0.2, 0) is 11.4 Å². The van der Waals surface area contributed by atoms with Crippen molar-refractivity contribution >= 4 is 34.7 Å². The number of hydrogen-bond acceptors (Lipinski definition) is 4. The number of hydrogen-bond donors (Lipinski definition) is 2. The molecule has 1 aliphatic carbocycles. The van der Waals surface area contributed by atoms with Gasteiger partial charge in [-0.05, 0) is 67.4 Å². The number of benzene rings is 2. The minimum Gasteiger partial charge on any atom is -0.490 e. The third kappa shape index (κ3) is 4.45. The smallest absolute Gasteiger partial charge is 0.171 e. The van der Waals surface area contributed by atoms with E-state index < -0.39 is 0 Å². The van der Waals surface area contributed by atoms with Gasteiger partial charge < -0.3 is 20.1 Å². The van der Waals surface area contributed by atoms with E-state index in [2.05, 4.69) is 10.6 Å². The summed E-state index contributed by atoms with van der Waals surface area (Å²) < 4.78 is 11.8. The van der Waals surface area contributed by atoms with Crippen molar-refractivity contribution in [3.05, 3.63) is 69.9 Å². The molecule has 1 aliphatic heterocycles. The molecule has 2 aromatic carbocycles. The molecule has 2 N–H and O–H groups in total. The van der Waals surface area contributed by atoms with Crippen LogP contribution in [0.25, 0.3) is 0 Å². The van der Waals surface area contributed by atoms with E-state index in [4.69, 9.17) is 33.3 Å². The highest BCUT2D eigenvalue weighted by Gasteiger charge is 2.33. The molecule has 0 amide bonds. The summed E-state index contributed by atoms with van der Waals surface area (Å²) in [6, 6.07) is 13.0. The van der Waals surface area contributed by atoms with E-state index in [9.17, 15) is 4.79 Å². The summed E-state index contributed by atoms with van der Waals surface area (Å²) in [6.07, 6.45) is 2.24. The topological polar surface area (TPSA) is 59.6 Å². The minimum atomic E-state index is -0.289. The van der Waals surface area contributed by atoms with Crippen LogP contribution in [-0.4, -0.2) is 17.5 Å². The summed E-state index contributed by atoms with van der Waals surface area (Å²) >= 11 is 11.4. The normalized spacial score (nSPS) is 18.4. The summed E-state index contributed by atoms with van der Waals surface area (Å²) in [5.41, 5.74) is 3.59. The Bertz CT molecular complexity index is 1020. The maximum Gasteiger partial charge on any atom is 0.171 e. The Labute approximate surface area is 186 Å². The lowest BCUT2D eigenvalue weighted by Crippen LogP contribution is -2.46. The number of ether oxygens (including phenoxy) is 2. The van der Waals surface area contributed by atoms with Gasteiger partial charge in [-0.2, -0.15) is 0 Å². The van der Waals surface area contributed by atoms with Gasteiger partial charge in [-0.25, -0.2) is 0 Å². The maximum atomic E-state index is 12.6. The molecular formula is C23H23ClN2O3S. The van der Waals surface area contributed by atoms with Gasteiger partial charge in [0.25, 0.3) is 0 Å². The molecule has 1 atom stereocenters. The molecule has 0 saturated carbocycles. The van der Waals surface area contributed by atoms with E-state index in [0.29, 0.717) is 41.3 Å². The van der Waals surface area contributed by atoms with Gasteiger partial charge in [0.15, 0.2) is 22.4 Å². The molecule has 156 valence electrons. The van der Waals surface area contributed by atoms with Gasteiger partial charge in [-0.15, -0.1) is 0 Å². The van der Waals surface area contributed by atoms with Gasteiger partial charge in [0, 0.05) is 22.7 Å². The lowest BCUT2D eigenvalue weighted by atomic mass is 9.85. The van der Waals surface area contributed by atoms with E-state index in [1.54, 1.807) is 0 Å². The van der Waals surface area contributed by atoms with Gasteiger partial charge in [0.05, 0.1) is 12.6 Å². The zero-order chi connectivity index (χ0) is 21.1. The fourth-order valence-corrected chi connectivity index (χ4v) is 4.29. The van der Waals surface area contributed by atoms with E-state index in [-0.39, 0.29) is 11.8 Å². The average Bonchev–Trinajstić information content (AvgIpc) is 2.72. The zero-order valence-corrected chi connectivity index (χ0v) is 18.2. The number of halogens is 1. The molecule has 4 rings (SSSR count). The molecule has 30 heavy (non-hydrogen) atoms. The summed E-state index contributed by atoms with van der Waals surface area (Å²) in [7, 11) is 0. The van der Waals surface area contributed by atoms with Crippen LogP contribution in [0.5, 0.6) is 11.5 Å². The number of carbonyl (C=O) groups excluding carboxylic acids is 1. The summed E-state index contributed by atoms with van der Waals surface area (Å²) in [5.74, 6) is 1.43. The number of carbonyl (C=O) groups is 1. The molecule has 7 heteroatoms. The van der Waals surface area contributed by atoms with Crippen molar-refractivity contribution in [1.29, 1.82) is 0 Å². The first kappa shape index (κ1) is 20.7. The highest BCUT2D eigenvalue weighted by atomic mass is 35.5. The van der Waals surface area contributed by atoms with Crippen LogP contribution in [0.4, 0.5) is 0 Å². The fraction of sp³-hybridized carbons (Fsp3) is 0.304. The third-order valence-corrected chi connectivity index (χ3v) is 5.62. The van der Waals surface area contributed by atoms with Crippen molar-refractivity contribution < 1.29 is 14.3 Å². The van der Waals surface area contributed by atoms with Crippen LogP contribution in [0.3, 0.4) is 0 Å². The summed E-state index contributed by atoms with van der Waals surface area (Å²) in [5, 5.41) is 7.61. The van der Waals surface area contributed by atoms with Crippen molar-refractivity contribution in [2.45, 2.75) is 38.8 Å². The Morgan fingerprint density at radius 3 is 2.80 bits per heavy atom. The zero-order valence-electron chi connectivity index (χ0n) is 16.7. The molecule has 0 radical (unpaired) electrons. The highest BCUT2D eigenvalue weighted by molar-refractivity contribution is 7.80. The fourth-order valence-electron chi connectivity index (χ4n) is 3.83. The second-order valence-corrected chi connectivity index (χ2v) is 8.10. The number of thiocarbonyl (C=S) groups is 1. The molecule has 0 spiro atoms. The number of ketones is 1. The average molecular weight is 443 g/mol. The molecule has 1 heterocycles. The molecule has 5 nitrogen and oxygen atoms in total. The number of rotatable bonds is 6. The largest absolute Gasteiger partial charge is 0.490 e. The predicted octanol–water partition coefficient (Wildman–Crippen LogP) is 4.84. The SMILES string of the molecule is CCOc1cc(C2NC(=S)NC3=C2C(=O)CCC3)ccc1OCc1cccc(Cl)c1. The molecular weight excluding hydrogens is 420 g/mol. The second-order valence-electron chi connectivity index (χ2n) is 7.26.